The number of ether oxygens (including phenoxy) is 1. The van der Waals surface area contributed by atoms with Crippen LogP contribution in [0.3, 0.4) is 0 Å². The normalized spacial score (nSPS) is 11.3. The van der Waals surface area contributed by atoms with Crippen LogP contribution in [0.2, 0.25) is 0 Å². The molecule has 0 aliphatic carbocycles. The van der Waals surface area contributed by atoms with Gasteiger partial charge in [-0.25, -0.2) is 12.8 Å². The number of aryl methyl sites for hydroxylation is 1. The Hall–Kier alpha value is -3.39. The molecule has 3 aromatic rings. The molecule has 1 amide bonds. The number of carbonyl (C=O) groups is 1. The van der Waals surface area contributed by atoms with Crippen molar-refractivity contribution in [2.24, 2.45) is 0 Å². The highest BCUT2D eigenvalue weighted by Crippen LogP contribution is 2.22. The highest BCUT2D eigenvalue weighted by molar-refractivity contribution is 7.92. The molecule has 0 aliphatic heterocycles. The fourth-order valence-electron chi connectivity index (χ4n) is 2.83. The Bertz CT molecular complexity index is 1180. The molecule has 6 nitrogen and oxygen atoms in total. The number of benzene rings is 3. The van der Waals surface area contributed by atoms with Gasteiger partial charge in [-0.15, -0.1) is 0 Å². The topological polar surface area (TPSA) is 84.5 Å². The lowest BCUT2D eigenvalue weighted by atomic mass is 10.1. The van der Waals surface area contributed by atoms with Crippen molar-refractivity contribution in [3.63, 3.8) is 0 Å². The Balaban J connectivity index is 1.79. The van der Waals surface area contributed by atoms with Crippen LogP contribution in [0.4, 0.5) is 15.8 Å². The molecule has 8 heteroatoms. The zero-order chi connectivity index (χ0) is 22.6. The first-order valence-corrected chi connectivity index (χ1v) is 11.1. The molecule has 162 valence electrons. The molecule has 0 saturated carbocycles. The molecule has 31 heavy (non-hydrogen) atoms. The van der Waals surface area contributed by atoms with Crippen LogP contribution in [0, 0.1) is 12.7 Å². The van der Waals surface area contributed by atoms with Crippen LogP contribution in [-0.2, 0) is 10.0 Å². The van der Waals surface area contributed by atoms with E-state index < -0.39 is 21.7 Å². The quantitative estimate of drug-likeness (QED) is 0.541. The number of amides is 1. The van der Waals surface area contributed by atoms with Crippen LogP contribution in [-0.4, -0.2) is 20.4 Å². The second-order valence-electron chi connectivity index (χ2n) is 7.23. The van der Waals surface area contributed by atoms with E-state index in [-0.39, 0.29) is 22.3 Å². The van der Waals surface area contributed by atoms with E-state index in [0.717, 1.165) is 12.1 Å². The van der Waals surface area contributed by atoms with Crippen molar-refractivity contribution in [3.05, 3.63) is 83.7 Å². The fourth-order valence-corrected chi connectivity index (χ4v) is 3.92. The summed E-state index contributed by atoms with van der Waals surface area (Å²) in [5, 5.41) is 2.76. The largest absolute Gasteiger partial charge is 0.491 e. The lowest BCUT2D eigenvalue weighted by Crippen LogP contribution is -2.17. The van der Waals surface area contributed by atoms with Crippen molar-refractivity contribution in [3.8, 4) is 5.75 Å². The van der Waals surface area contributed by atoms with E-state index in [9.17, 15) is 17.6 Å². The van der Waals surface area contributed by atoms with Crippen molar-refractivity contribution in [2.45, 2.75) is 31.8 Å². The molecule has 0 fully saturated rings. The summed E-state index contributed by atoms with van der Waals surface area (Å²) in [5.74, 6) is -0.223. The maximum absolute atomic E-state index is 13.1. The first kappa shape index (κ1) is 22.3. The third kappa shape index (κ3) is 5.82. The fraction of sp³-hybridized carbons (Fsp3) is 0.174. The predicted molar refractivity (Wildman–Crippen MR) is 119 cm³/mol. The van der Waals surface area contributed by atoms with Crippen molar-refractivity contribution in [1.82, 2.24) is 0 Å². The van der Waals surface area contributed by atoms with Gasteiger partial charge in [-0.3, -0.25) is 9.52 Å². The number of anilines is 2. The van der Waals surface area contributed by atoms with E-state index in [1.807, 2.05) is 13.8 Å². The molecular formula is C23H23FN2O4S. The Morgan fingerprint density at radius 1 is 0.935 bits per heavy atom. The van der Waals surface area contributed by atoms with Crippen LogP contribution in [0.5, 0.6) is 5.75 Å². The summed E-state index contributed by atoms with van der Waals surface area (Å²) < 4.78 is 46.4. The third-order valence-electron chi connectivity index (χ3n) is 4.34. The van der Waals surface area contributed by atoms with Gasteiger partial charge in [0.1, 0.15) is 11.6 Å². The second-order valence-corrected chi connectivity index (χ2v) is 8.92. The van der Waals surface area contributed by atoms with Gasteiger partial charge in [0.05, 0.1) is 11.0 Å². The van der Waals surface area contributed by atoms with Gasteiger partial charge in [0.25, 0.3) is 15.9 Å². The first-order valence-electron chi connectivity index (χ1n) is 9.61. The van der Waals surface area contributed by atoms with E-state index in [4.69, 9.17) is 4.74 Å². The zero-order valence-electron chi connectivity index (χ0n) is 17.3. The molecule has 0 bridgehead atoms. The van der Waals surface area contributed by atoms with Crippen LogP contribution >= 0.6 is 0 Å². The summed E-state index contributed by atoms with van der Waals surface area (Å²) in [4.78, 5) is 12.7. The number of rotatable bonds is 7. The van der Waals surface area contributed by atoms with Crippen molar-refractivity contribution < 1.29 is 22.3 Å². The minimum Gasteiger partial charge on any atom is -0.491 e. The molecular weight excluding hydrogens is 419 g/mol. The number of nitrogens with one attached hydrogen (secondary N) is 2. The third-order valence-corrected chi connectivity index (χ3v) is 5.72. The molecule has 3 rings (SSSR count). The van der Waals surface area contributed by atoms with Gasteiger partial charge >= 0.3 is 0 Å². The molecule has 3 aromatic carbocycles. The predicted octanol–water partition coefficient (Wildman–Crippen LogP) is 4.97. The summed E-state index contributed by atoms with van der Waals surface area (Å²) in [6.07, 6.45) is 0.0382. The second kappa shape index (κ2) is 9.18. The van der Waals surface area contributed by atoms with Crippen LogP contribution in [0.1, 0.15) is 29.8 Å². The van der Waals surface area contributed by atoms with Gasteiger partial charge in [-0.05, 0) is 87.0 Å². The zero-order valence-corrected chi connectivity index (χ0v) is 18.2. The highest BCUT2D eigenvalue weighted by Gasteiger charge is 2.18. The number of halogens is 1. The molecule has 0 saturated heterocycles. The van der Waals surface area contributed by atoms with Gasteiger partial charge in [0, 0.05) is 16.9 Å². The Labute approximate surface area is 181 Å². The number of hydrogen-bond donors (Lipinski definition) is 2. The minimum absolute atomic E-state index is 0.0382. The van der Waals surface area contributed by atoms with E-state index in [2.05, 4.69) is 10.0 Å². The molecule has 0 heterocycles. The summed E-state index contributed by atoms with van der Waals surface area (Å²) in [6, 6.07) is 16.2. The molecule has 0 atom stereocenters. The number of sulfonamides is 1. The molecule has 0 aliphatic rings. The van der Waals surface area contributed by atoms with E-state index in [0.29, 0.717) is 17.0 Å². The minimum atomic E-state index is -3.96. The summed E-state index contributed by atoms with van der Waals surface area (Å²) >= 11 is 0. The van der Waals surface area contributed by atoms with Gasteiger partial charge in [0.15, 0.2) is 0 Å². The number of hydrogen-bond acceptors (Lipinski definition) is 4. The van der Waals surface area contributed by atoms with Crippen LogP contribution < -0.4 is 14.8 Å². The lowest BCUT2D eigenvalue weighted by Gasteiger charge is -2.13. The van der Waals surface area contributed by atoms with Crippen molar-refractivity contribution in [2.75, 3.05) is 10.0 Å². The van der Waals surface area contributed by atoms with Gasteiger partial charge in [0.2, 0.25) is 0 Å². The molecule has 2 N–H and O–H groups in total. The maximum Gasteiger partial charge on any atom is 0.261 e. The van der Waals surface area contributed by atoms with E-state index >= 15 is 0 Å². The maximum atomic E-state index is 13.1. The lowest BCUT2D eigenvalue weighted by molar-refractivity contribution is 0.102. The SMILES string of the molecule is Cc1ccc(S(=O)(=O)Nc2ccc(F)cc2)cc1C(=O)Nc1ccc(OC(C)C)cc1. The van der Waals surface area contributed by atoms with Gasteiger partial charge < -0.3 is 10.1 Å². The standard InChI is InChI=1S/C23H23FN2O4S/c1-15(2)30-20-11-9-18(10-12-20)25-23(27)22-14-21(13-4-16(22)3)31(28,29)26-19-7-5-17(24)6-8-19/h4-15,26H,1-3H3,(H,25,27). The monoisotopic (exact) mass is 442 g/mol. The van der Waals surface area contributed by atoms with E-state index in [1.54, 1.807) is 37.3 Å². The van der Waals surface area contributed by atoms with Crippen molar-refractivity contribution >= 4 is 27.3 Å². The average Bonchev–Trinajstić information content (AvgIpc) is 2.71. The van der Waals surface area contributed by atoms with Gasteiger partial charge in [-0.2, -0.15) is 0 Å². The first-order chi connectivity index (χ1) is 14.6. The molecule has 0 radical (unpaired) electrons. The molecule has 0 aromatic heterocycles. The molecule has 0 unspecified atom stereocenters. The average molecular weight is 443 g/mol. The number of carbonyl (C=O) groups excluding carboxylic acids is 1. The summed E-state index contributed by atoms with van der Waals surface area (Å²) in [5.41, 5.74) is 1.62. The highest BCUT2D eigenvalue weighted by atomic mass is 32.2. The Morgan fingerprint density at radius 3 is 2.16 bits per heavy atom. The smallest absolute Gasteiger partial charge is 0.261 e. The Morgan fingerprint density at radius 2 is 1.55 bits per heavy atom. The van der Waals surface area contributed by atoms with Crippen LogP contribution in [0.25, 0.3) is 0 Å². The van der Waals surface area contributed by atoms with Crippen molar-refractivity contribution in [1.29, 1.82) is 0 Å². The van der Waals surface area contributed by atoms with Gasteiger partial charge in [-0.1, -0.05) is 6.07 Å². The van der Waals surface area contributed by atoms with Crippen LogP contribution in [0.15, 0.2) is 71.6 Å². The molecule has 0 spiro atoms. The van der Waals surface area contributed by atoms with E-state index in [1.165, 1.54) is 24.3 Å². The Kier molecular flexibility index (Phi) is 6.60. The summed E-state index contributed by atoms with van der Waals surface area (Å²) in [6.45, 7) is 5.56. The summed E-state index contributed by atoms with van der Waals surface area (Å²) in [7, 11) is -3.96.